The van der Waals surface area contributed by atoms with Gasteiger partial charge in [-0.1, -0.05) is 53.2 Å². The minimum absolute atomic E-state index is 0.0110. The van der Waals surface area contributed by atoms with Crippen molar-refractivity contribution in [1.29, 1.82) is 0 Å². The van der Waals surface area contributed by atoms with E-state index in [0.29, 0.717) is 5.82 Å². The van der Waals surface area contributed by atoms with E-state index < -0.39 is 15.9 Å². The molecule has 8 nitrogen and oxygen atoms in total. The third-order valence-electron chi connectivity index (χ3n) is 4.03. The molecule has 0 radical (unpaired) electrons. The Bertz CT molecular complexity index is 1050. The highest BCUT2D eigenvalue weighted by Crippen LogP contribution is 2.16. The number of sulfonamides is 1. The van der Waals surface area contributed by atoms with Crippen LogP contribution in [-0.2, 0) is 21.4 Å². The lowest BCUT2D eigenvalue weighted by Gasteiger charge is -2.16. The summed E-state index contributed by atoms with van der Waals surface area (Å²) in [4.78, 5) is 16.5. The van der Waals surface area contributed by atoms with Crippen molar-refractivity contribution in [3.05, 3.63) is 66.1 Å². The Labute approximate surface area is 163 Å². The summed E-state index contributed by atoms with van der Waals surface area (Å²) < 4.78 is 31.1. The molecule has 0 atom stereocenters. The standard InChI is InChI=1S/C19H20N4O4S/c1-14-8-10-16(11-9-14)28(25,26)23(2)13-17(24)20-12-18-21-19(22-27-18)15-6-4-3-5-7-15/h3-11H,12-13H2,1-2H3,(H,20,24). The van der Waals surface area contributed by atoms with Crippen molar-refractivity contribution in [2.24, 2.45) is 0 Å². The van der Waals surface area contributed by atoms with Crippen molar-refractivity contribution in [2.75, 3.05) is 13.6 Å². The van der Waals surface area contributed by atoms with Gasteiger partial charge in [-0.15, -0.1) is 0 Å². The van der Waals surface area contributed by atoms with Gasteiger partial charge in [0.1, 0.15) is 0 Å². The largest absolute Gasteiger partial charge is 0.346 e. The number of likely N-dealkylation sites (N-methyl/N-ethyl adjacent to an activating group) is 1. The van der Waals surface area contributed by atoms with E-state index in [4.69, 9.17) is 4.52 Å². The van der Waals surface area contributed by atoms with Crippen LogP contribution < -0.4 is 5.32 Å². The predicted octanol–water partition coefficient (Wildman–Crippen LogP) is 1.98. The molecule has 9 heteroatoms. The van der Waals surface area contributed by atoms with Crippen molar-refractivity contribution in [2.45, 2.75) is 18.4 Å². The maximum atomic E-state index is 12.5. The Morgan fingerprint density at radius 1 is 1.11 bits per heavy atom. The third-order valence-corrected chi connectivity index (χ3v) is 5.85. The van der Waals surface area contributed by atoms with Crippen LogP contribution in [0.2, 0.25) is 0 Å². The van der Waals surface area contributed by atoms with Crippen LogP contribution in [-0.4, -0.2) is 42.4 Å². The predicted molar refractivity (Wildman–Crippen MR) is 103 cm³/mol. The van der Waals surface area contributed by atoms with Crippen LogP contribution in [0.25, 0.3) is 11.4 Å². The zero-order chi connectivity index (χ0) is 20.1. The fraction of sp³-hybridized carbons (Fsp3) is 0.211. The molecule has 0 spiro atoms. The number of nitrogens with one attached hydrogen (secondary N) is 1. The fourth-order valence-electron chi connectivity index (χ4n) is 2.44. The molecule has 1 N–H and O–H groups in total. The van der Waals surface area contributed by atoms with E-state index >= 15 is 0 Å². The van der Waals surface area contributed by atoms with Gasteiger partial charge >= 0.3 is 0 Å². The summed E-state index contributed by atoms with van der Waals surface area (Å²) in [5.41, 5.74) is 1.75. The summed E-state index contributed by atoms with van der Waals surface area (Å²) in [6.45, 7) is 1.56. The van der Waals surface area contributed by atoms with Gasteiger partial charge in [0.05, 0.1) is 18.0 Å². The molecule has 2 aromatic carbocycles. The SMILES string of the molecule is Cc1ccc(S(=O)(=O)N(C)CC(=O)NCc2nc(-c3ccccc3)no2)cc1. The number of aromatic nitrogens is 2. The van der Waals surface area contributed by atoms with Gasteiger partial charge < -0.3 is 9.84 Å². The van der Waals surface area contributed by atoms with Gasteiger partial charge in [-0.05, 0) is 19.1 Å². The average Bonchev–Trinajstić information content (AvgIpc) is 3.16. The van der Waals surface area contributed by atoms with Crippen LogP contribution in [0.1, 0.15) is 11.5 Å². The first kappa shape index (κ1) is 19.7. The Balaban J connectivity index is 1.57. The van der Waals surface area contributed by atoms with Crippen LogP contribution in [0.4, 0.5) is 0 Å². The molecule has 0 aliphatic heterocycles. The maximum Gasteiger partial charge on any atom is 0.246 e. The van der Waals surface area contributed by atoms with Crippen molar-refractivity contribution in [1.82, 2.24) is 19.8 Å². The third kappa shape index (κ3) is 4.62. The van der Waals surface area contributed by atoms with E-state index in [1.165, 1.54) is 19.2 Å². The van der Waals surface area contributed by atoms with Crippen LogP contribution in [0.15, 0.2) is 64.0 Å². The fourth-order valence-corrected chi connectivity index (χ4v) is 3.57. The van der Waals surface area contributed by atoms with E-state index in [2.05, 4.69) is 15.5 Å². The van der Waals surface area contributed by atoms with E-state index in [9.17, 15) is 13.2 Å². The van der Waals surface area contributed by atoms with Crippen molar-refractivity contribution >= 4 is 15.9 Å². The van der Waals surface area contributed by atoms with Crippen LogP contribution in [0.3, 0.4) is 0 Å². The second kappa shape index (κ2) is 8.32. The summed E-state index contributed by atoms with van der Waals surface area (Å²) in [5, 5.41) is 6.45. The average molecular weight is 400 g/mol. The molecule has 28 heavy (non-hydrogen) atoms. The highest BCUT2D eigenvalue weighted by atomic mass is 32.2. The van der Waals surface area contributed by atoms with E-state index in [0.717, 1.165) is 15.4 Å². The van der Waals surface area contributed by atoms with Gasteiger partial charge in [-0.25, -0.2) is 8.42 Å². The van der Waals surface area contributed by atoms with E-state index in [1.54, 1.807) is 12.1 Å². The molecule has 0 aliphatic carbocycles. The molecule has 0 aliphatic rings. The minimum atomic E-state index is -3.74. The molecule has 1 aromatic heterocycles. The second-order valence-corrected chi connectivity index (χ2v) is 8.27. The number of carbonyl (C=O) groups excluding carboxylic acids is 1. The molecular weight excluding hydrogens is 380 g/mol. The molecule has 0 bridgehead atoms. The first-order valence-corrected chi connectivity index (χ1v) is 9.98. The highest BCUT2D eigenvalue weighted by molar-refractivity contribution is 7.89. The number of amides is 1. The zero-order valence-electron chi connectivity index (χ0n) is 15.5. The number of rotatable bonds is 7. The van der Waals surface area contributed by atoms with Crippen molar-refractivity contribution in [3.8, 4) is 11.4 Å². The Morgan fingerprint density at radius 3 is 2.46 bits per heavy atom. The second-order valence-electron chi connectivity index (χ2n) is 6.23. The monoisotopic (exact) mass is 400 g/mol. The summed E-state index contributed by atoms with van der Waals surface area (Å²) >= 11 is 0. The van der Waals surface area contributed by atoms with E-state index in [1.807, 2.05) is 37.3 Å². The Kier molecular flexibility index (Phi) is 5.86. The number of carbonyl (C=O) groups is 1. The van der Waals surface area contributed by atoms with Crippen LogP contribution in [0.5, 0.6) is 0 Å². The van der Waals surface area contributed by atoms with Gasteiger partial charge in [-0.3, -0.25) is 4.79 Å². The number of aryl methyl sites for hydroxylation is 1. The quantitative estimate of drug-likeness (QED) is 0.650. The summed E-state index contributed by atoms with van der Waals surface area (Å²) in [6, 6.07) is 15.7. The van der Waals surface area contributed by atoms with E-state index in [-0.39, 0.29) is 23.9 Å². The molecule has 3 rings (SSSR count). The van der Waals surface area contributed by atoms with Gasteiger partial charge in [0, 0.05) is 12.6 Å². The lowest BCUT2D eigenvalue weighted by Crippen LogP contribution is -2.38. The Morgan fingerprint density at radius 2 is 1.79 bits per heavy atom. The molecule has 0 saturated heterocycles. The van der Waals surface area contributed by atoms with Gasteiger partial charge in [0.25, 0.3) is 0 Å². The maximum absolute atomic E-state index is 12.5. The minimum Gasteiger partial charge on any atom is -0.346 e. The molecule has 1 amide bonds. The molecule has 0 fully saturated rings. The smallest absolute Gasteiger partial charge is 0.246 e. The molecule has 146 valence electrons. The first-order valence-electron chi connectivity index (χ1n) is 8.54. The van der Waals surface area contributed by atoms with Gasteiger partial charge in [0.15, 0.2) is 0 Å². The number of hydrogen-bond acceptors (Lipinski definition) is 6. The highest BCUT2D eigenvalue weighted by Gasteiger charge is 2.23. The molecule has 0 unspecified atom stereocenters. The zero-order valence-corrected chi connectivity index (χ0v) is 16.3. The number of benzene rings is 2. The summed E-state index contributed by atoms with van der Waals surface area (Å²) in [6.07, 6.45) is 0. The normalized spacial score (nSPS) is 11.5. The molecular formula is C19H20N4O4S. The Hall–Kier alpha value is -3.04. The summed E-state index contributed by atoms with van der Waals surface area (Å²) in [7, 11) is -2.39. The lowest BCUT2D eigenvalue weighted by atomic mass is 10.2. The van der Waals surface area contributed by atoms with Crippen molar-refractivity contribution < 1.29 is 17.7 Å². The first-order chi connectivity index (χ1) is 13.4. The van der Waals surface area contributed by atoms with Crippen LogP contribution in [0, 0.1) is 6.92 Å². The summed E-state index contributed by atoms with van der Waals surface area (Å²) in [5.74, 6) is 0.179. The van der Waals surface area contributed by atoms with Gasteiger partial charge in [0.2, 0.25) is 27.6 Å². The molecule has 3 aromatic rings. The lowest BCUT2D eigenvalue weighted by molar-refractivity contribution is -0.121. The van der Waals surface area contributed by atoms with Gasteiger partial charge in [-0.2, -0.15) is 9.29 Å². The number of nitrogens with zero attached hydrogens (tertiary/aromatic N) is 3. The molecule has 1 heterocycles. The topological polar surface area (TPSA) is 105 Å². The van der Waals surface area contributed by atoms with Crippen molar-refractivity contribution in [3.63, 3.8) is 0 Å². The number of hydrogen-bond donors (Lipinski definition) is 1. The van der Waals surface area contributed by atoms with Crippen LogP contribution >= 0.6 is 0 Å². The molecule has 0 saturated carbocycles.